The van der Waals surface area contributed by atoms with E-state index < -0.39 is 0 Å². The second-order valence-corrected chi connectivity index (χ2v) is 5.69. The Hall–Kier alpha value is -2.48. The van der Waals surface area contributed by atoms with Crippen LogP contribution in [0.15, 0.2) is 60.7 Å². The van der Waals surface area contributed by atoms with E-state index in [-0.39, 0.29) is 0 Å². The van der Waals surface area contributed by atoms with Crippen LogP contribution in [0.3, 0.4) is 0 Å². The van der Waals surface area contributed by atoms with E-state index in [1.165, 1.54) is 22.5 Å². The molecule has 2 rings (SSSR count). The second-order valence-electron chi connectivity index (χ2n) is 5.69. The molecule has 0 aromatic heterocycles. The van der Waals surface area contributed by atoms with Crippen molar-refractivity contribution in [3.8, 4) is 0 Å². The van der Waals surface area contributed by atoms with Crippen molar-refractivity contribution in [2.24, 2.45) is 0 Å². The Bertz CT molecular complexity index is 573. The van der Waals surface area contributed by atoms with Gasteiger partial charge in [0.1, 0.15) is 0 Å². The Morgan fingerprint density at radius 2 is 0.864 bits per heavy atom. The standard InChI is InChI=1S/C20H24N2/c1-21(2)19-13-9-17(10-14-19)7-5-6-8-18-11-15-20(16-12-18)22(3)4/h5-16H,1-4H3/b7-5+,8-6+. The molecule has 114 valence electrons. The molecule has 2 nitrogen and oxygen atoms in total. The van der Waals surface area contributed by atoms with E-state index >= 15 is 0 Å². The smallest absolute Gasteiger partial charge is 0.0361 e. The molecule has 2 aromatic carbocycles. The van der Waals surface area contributed by atoms with Crippen LogP contribution >= 0.6 is 0 Å². The molecular formula is C20H24N2. The molecule has 0 radical (unpaired) electrons. The van der Waals surface area contributed by atoms with E-state index in [0.29, 0.717) is 0 Å². The molecule has 0 aliphatic rings. The van der Waals surface area contributed by atoms with E-state index in [2.05, 4.69) is 111 Å². The average molecular weight is 292 g/mol. The van der Waals surface area contributed by atoms with Crippen molar-refractivity contribution in [3.63, 3.8) is 0 Å². The zero-order valence-electron chi connectivity index (χ0n) is 13.8. The SMILES string of the molecule is CN(C)c1ccc(/C=C/C=C/c2ccc(N(C)C)cc2)cc1. The van der Waals surface area contributed by atoms with Crippen LogP contribution in [0.25, 0.3) is 12.2 Å². The molecule has 0 aliphatic heterocycles. The molecule has 2 aromatic rings. The summed E-state index contributed by atoms with van der Waals surface area (Å²) in [6, 6.07) is 17.0. The fourth-order valence-corrected chi connectivity index (χ4v) is 2.10. The predicted octanol–water partition coefficient (Wildman–Crippen LogP) is 4.55. The van der Waals surface area contributed by atoms with Crippen molar-refractivity contribution in [2.75, 3.05) is 38.0 Å². The average Bonchev–Trinajstić information content (AvgIpc) is 2.52. The number of rotatable bonds is 5. The molecule has 0 aliphatic carbocycles. The highest BCUT2D eigenvalue weighted by Gasteiger charge is 1.94. The summed E-state index contributed by atoms with van der Waals surface area (Å²) in [5.74, 6) is 0. The minimum Gasteiger partial charge on any atom is -0.378 e. The number of allylic oxidation sites excluding steroid dienone is 2. The van der Waals surface area contributed by atoms with Gasteiger partial charge in [0.05, 0.1) is 0 Å². The van der Waals surface area contributed by atoms with Crippen LogP contribution in [-0.2, 0) is 0 Å². The monoisotopic (exact) mass is 292 g/mol. The Balaban J connectivity index is 1.96. The molecule has 0 fully saturated rings. The predicted molar refractivity (Wildman–Crippen MR) is 99.6 cm³/mol. The molecule has 2 heteroatoms. The summed E-state index contributed by atoms with van der Waals surface area (Å²) in [6.07, 6.45) is 8.38. The highest BCUT2D eigenvalue weighted by Crippen LogP contribution is 2.14. The maximum atomic E-state index is 2.13. The summed E-state index contributed by atoms with van der Waals surface area (Å²) in [4.78, 5) is 4.20. The third-order valence-corrected chi connectivity index (χ3v) is 3.51. The van der Waals surface area contributed by atoms with Crippen molar-refractivity contribution in [2.45, 2.75) is 0 Å². The molecule has 0 spiro atoms. The minimum absolute atomic E-state index is 1.21. The van der Waals surface area contributed by atoms with E-state index in [1.54, 1.807) is 0 Å². The van der Waals surface area contributed by atoms with Crippen molar-refractivity contribution in [3.05, 3.63) is 71.8 Å². The van der Waals surface area contributed by atoms with Crippen molar-refractivity contribution in [1.29, 1.82) is 0 Å². The Morgan fingerprint density at radius 1 is 0.545 bits per heavy atom. The molecule has 22 heavy (non-hydrogen) atoms. The largest absolute Gasteiger partial charge is 0.378 e. The second kappa shape index (κ2) is 7.51. The third-order valence-electron chi connectivity index (χ3n) is 3.51. The van der Waals surface area contributed by atoms with Gasteiger partial charge in [-0.2, -0.15) is 0 Å². The molecule has 0 atom stereocenters. The summed E-state index contributed by atoms with van der Waals surface area (Å²) >= 11 is 0. The highest BCUT2D eigenvalue weighted by molar-refractivity contribution is 5.60. The summed E-state index contributed by atoms with van der Waals surface area (Å²) in [5.41, 5.74) is 4.85. The van der Waals surface area contributed by atoms with Crippen LogP contribution in [0.5, 0.6) is 0 Å². The Morgan fingerprint density at radius 3 is 1.14 bits per heavy atom. The first kappa shape index (κ1) is 15.9. The molecular weight excluding hydrogens is 268 g/mol. The molecule has 0 N–H and O–H groups in total. The van der Waals surface area contributed by atoms with Gasteiger partial charge in [-0.25, -0.2) is 0 Å². The van der Waals surface area contributed by atoms with Crippen LogP contribution < -0.4 is 9.80 Å². The van der Waals surface area contributed by atoms with E-state index in [0.717, 1.165) is 0 Å². The van der Waals surface area contributed by atoms with Gasteiger partial charge in [0, 0.05) is 39.6 Å². The first-order chi connectivity index (χ1) is 10.6. The number of nitrogens with zero attached hydrogens (tertiary/aromatic N) is 2. The van der Waals surface area contributed by atoms with Crippen LogP contribution in [0.4, 0.5) is 11.4 Å². The highest BCUT2D eigenvalue weighted by atomic mass is 15.1. The first-order valence-electron chi connectivity index (χ1n) is 7.46. The van der Waals surface area contributed by atoms with E-state index in [9.17, 15) is 0 Å². The topological polar surface area (TPSA) is 6.48 Å². The van der Waals surface area contributed by atoms with Crippen LogP contribution in [0, 0.1) is 0 Å². The summed E-state index contributed by atoms with van der Waals surface area (Å²) in [6.45, 7) is 0. The van der Waals surface area contributed by atoms with E-state index in [1.807, 2.05) is 0 Å². The summed E-state index contributed by atoms with van der Waals surface area (Å²) < 4.78 is 0. The fourth-order valence-electron chi connectivity index (χ4n) is 2.10. The lowest BCUT2D eigenvalue weighted by molar-refractivity contribution is 1.13. The lowest BCUT2D eigenvalue weighted by Crippen LogP contribution is -2.07. The lowest BCUT2D eigenvalue weighted by atomic mass is 10.1. The first-order valence-corrected chi connectivity index (χ1v) is 7.46. The molecule has 0 saturated heterocycles. The maximum absolute atomic E-state index is 2.13. The zero-order valence-corrected chi connectivity index (χ0v) is 13.8. The fraction of sp³-hybridized carbons (Fsp3) is 0.200. The van der Waals surface area contributed by atoms with Gasteiger partial charge >= 0.3 is 0 Å². The number of hydrogen-bond donors (Lipinski definition) is 0. The maximum Gasteiger partial charge on any atom is 0.0361 e. The van der Waals surface area contributed by atoms with Crippen molar-refractivity contribution in [1.82, 2.24) is 0 Å². The van der Waals surface area contributed by atoms with Gasteiger partial charge in [0.25, 0.3) is 0 Å². The van der Waals surface area contributed by atoms with Gasteiger partial charge in [0.15, 0.2) is 0 Å². The summed E-state index contributed by atoms with van der Waals surface area (Å²) in [5, 5.41) is 0. The van der Waals surface area contributed by atoms with Crippen LogP contribution in [0.1, 0.15) is 11.1 Å². The molecule has 0 heterocycles. The molecule has 0 unspecified atom stereocenters. The van der Waals surface area contributed by atoms with Gasteiger partial charge < -0.3 is 9.80 Å². The number of hydrogen-bond acceptors (Lipinski definition) is 2. The Kier molecular flexibility index (Phi) is 5.42. The van der Waals surface area contributed by atoms with Crippen molar-refractivity contribution >= 4 is 23.5 Å². The van der Waals surface area contributed by atoms with Crippen LogP contribution in [0.2, 0.25) is 0 Å². The molecule has 0 bridgehead atoms. The van der Waals surface area contributed by atoms with Crippen molar-refractivity contribution < 1.29 is 0 Å². The van der Waals surface area contributed by atoms with Gasteiger partial charge in [-0.05, 0) is 35.4 Å². The normalized spacial score (nSPS) is 11.3. The molecule has 0 saturated carbocycles. The zero-order chi connectivity index (χ0) is 15.9. The number of benzene rings is 2. The molecule has 0 amide bonds. The van der Waals surface area contributed by atoms with Gasteiger partial charge in [-0.15, -0.1) is 0 Å². The van der Waals surface area contributed by atoms with E-state index in [4.69, 9.17) is 0 Å². The van der Waals surface area contributed by atoms with Gasteiger partial charge in [-0.1, -0.05) is 48.6 Å². The van der Waals surface area contributed by atoms with Gasteiger partial charge in [0.2, 0.25) is 0 Å². The Labute approximate surface area is 134 Å². The minimum atomic E-state index is 1.21. The number of anilines is 2. The summed E-state index contributed by atoms with van der Waals surface area (Å²) in [7, 11) is 8.20. The lowest BCUT2D eigenvalue weighted by Gasteiger charge is -2.11. The quantitative estimate of drug-likeness (QED) is 0.746. The van der Waals surface area contributed by atoms with Crippen LogP contribution in [-0.4, -0.2) is 28.2 Å². The third kappa shape index (κ3) is 4.52. The van der Waals surface area contributed by atoms with Gasteiger partial charge in [-0.3, -0.25) is 0 Å².